The van der Waals surface area contributed by atoms with Gasteiger partial charge in [-0.25, -0.2) is 0 Å². The molecule has 0 spiro atoms. The van der Waals surface area contributed by atoms with Crippen molar-refractivity contribution < 1.29 is 4.79 Å². The number of hydrogen-bond acceptors (Lipinski definition) is 2. The highest BCUT2D eigenvalue weighted by Crippen LogP contribution is 2.52. The molecule has 1 amide bonds. The van der Waals surface area contributed by atoms with E-state index < -0.39 is 0 Å². The van der Waals surface area contributed by atoms with Crippen molar-refractivity contribution in [1.29, 1.82) is 0 Å². The number of nitrogens with two attached hydrogens (primary N) is 1. The van der Waals surface area contributed by atoms with Crippen molar-refractivity contribution in [3.8, 4) is 0 Å². The first kappa shape index (κ1) is 41.4. The molecule has 0 aliphatic carbocycles. The largest absolute Gasteiger partial charge is 0.356 e. The Morgan fingerprint density at radius 2 is 1.00 bits per heavy atom. The lowest BCUT2D eigenvalue weighted by Gasteiger charge is -2.51. The summed E-state index contributed by atoms with van der Waals surface area (Å²) in [6.07, 6.45) is 24.7. The number of unbranched alkanes of at least 4 members (excludes halogenated alkanes) is 15. The molecule has 2 unspecified atom stereocenters. The van der Waals surface area contributed by atoms with Crippen molar-refractivity contribution in [3.63, 3.8) is 0 Å². The van der Waals surface area contributed by atoms with Gasteiger partial charge in [0.05, 0.1) is 0 Å². The van der Waals surface area contributed by atoms with E-state index >= 15 is 0 Å². The summed E-state index contributed by atoms with van der Waals surface area (Å²) >= 11 is 0. The van der Waals surface area contributed by atoms with E-state index in [-0.39, 0.29) is 27.6 Å². The molecule has 0 fully saturated rings. The van der Waals surface area contributed by atoms with E-state index in [1.165, 1.54) is 96.3 Å². The smallest absolute Gasteiger partial charge is 0.220 e. The highest BCUT2D eigenvalue weighted by Gasteiger charge is 2.46. The van der Waals surface area contributed by atoms with E-state index in [0.717, 1.165) is 32.4 Å². The Labute approximate surface area is 266 Å². The molecule has 0 rings (SSSR count). The molecule has 0 saturated heterocycles. The van der Waals surface area contributed by atoms with Crippen LogP contribution in [0, 0.1) is 33.5 Å². The van der Waals surface area contributed by atoms with Crippen LogP contribution in [0.15, 0.2) is 0 Å². The van der Waals surface area contributed by atoms with Gasteiger partial charge < -0.3 is 11.1 Å². The zero-order chi connectivity index (χ0) is 32.3. The summed E-state index contributed by atoms with van der Waals surface area (Å²) in [6.45, 7) is 27.5. The van der Waals surface area contributed by atoms with Crippen LogP contribution in [0.5, 0.6) is 0 Å². The van der Waals surface area contributed by atoms with Crippen molar-refractivity contribution in [3.05, 3.63) is 0 Å². The second kappa shape index (κ2) is 21.2. The maximum Gasteiger partial charge on any atom is 0.220 e. The predicted molar refractivity (Wildman–Crippen MR) is 189 cm³/mol. The van der Waals surface area contributed by atoms with Gasteiger partial charge >= 0.3 is 0 Å². The minimum Gasteiger partial charge on any atom is -0.356 e. The van der Waals surface area contributed by atoms with E-state index in [1.54, 1.807) is 0 Å². The molecule has 42 heavy (non-hydrogen) atoms. The van der Waals surface area contributed by atoms with Crippen LogP contribution in [0.1, 0.15) is 198 Å². The molecular weight excluding hydrogens is 512 g/mol. The van der Waals surface area contributed by atoms with Crippen LogP contribution in [0.3, 0.4) is 0 Å². The Kier molecular flexibility index (Phi) is 20.9. The van der Waals surface area contributed by atoms with Crippen molar-refractivity contribution in [1.82, 2.24) is 5.32 Å². The molecule has 3 N–H and O–H groups in total. The predicted octanol–water partition coefficient (Wildman–Crippen LogP) is 11.9. The number of rotatable bonds is 25. The Morgan fingerprint density at radius 3 is 1.36 bits per heavy atom. The Balaban J connectivity index is 4.39. The van der Waals surface area contributed by atoms with Gasteiger partial charge in [0.1, 0.15) is 0 Å². The minimum absolute atomic E-state index is 0.0699. The van der Waals surface area contributed by atoms with Crippen LogP contribution in [0.4, 0.5) is 0 Å². The number of amides is 1. The fourth-order valence-corrected chi connectivity index (χ4v) is 6.66. The molecule has 0 aromatic carbocycles. The first-order valence-corrected chi connectivity index (χ1v) is 18.4. The Bertz CT molecular complexity index is 667. The molecule has 0 saturated carbocycles. The highest BCUT2D eigenvalue weighted by molar-refractivity contribution is 5.75. The molecule has 3 heteroatoms. The maximum absolute atomic E-state index is 12.9. The van der Waals surface area contributed by atoms with Crippen LogP contribution in [-0.2, 0) is 4.79 Å². The molecule has 0 heterocycles. The summed E-state index contributed by atoms with van der Waals surface area (Å²) in [5.41, 5.74) is 6.85. The Morgan fingerprint density at radius 1 is 0.595 bits per heavy atom. The molecule has 252 valence electrons. The van der Waals surface area contributed by atoms with Gasteiger partial charge in [-0.1, -0.05) is 172 Å². The molecule has 0 radical (unpaired) electrons. The lowest BCUT2D eigenvalue weighted by Crippen LogP contribution is -2.47. The molecule has 0 aliphatic rings. The van der Waals surface area contributed by atoms with Crippen LogP contribution in [-0.4, -0.2) is 19.0 Å². The third-order valence-electron chi connectivity index (χ3n) is 10.7. The minimum atomic E-state index is 0.0699. The molecule has 0 aliphatic heterocycles. The van der Waals surface area contributed by atoms with Crippen LogP contribution in [0.25, 0.3) is 0 Å². The van der Waals surface area contributed by atoms with E-state index in [4.69, 9.17) is 5.73 Å². The lowest BCUT2D eigenvalue weighted by atomic mass is 9.54. The summed E-state index contributed by atoms with van der Waals surface area (Å²) in [5, 5.41) is 3.37. The van der Waals surface area contributed by atoms with Crippen LogP contribution < -0.4 is 11.1 Å². The summed E-state index contributed by atoms with van der Waals surface area (Å²) in [6, 6.07) is 0. The van der Waals surface area contributed by atoms with Crippen molar-refractivity contribution in [2.45, 2.75) is 198 Å². The maximum atomic E-state index is 12.9. The van der Waals surface area contributed by atoms with Gasteiger partial charge in [0.15, 0.2) is 0 Å². The van der Waals surface area contributed by atoms with E-state index in [2.05, 4.69) is 81.5 Å². The first-order chi connectivity index (χ1) is 19.5. The quantitative estimate of drug-likeness (QED) is 0.104. The fraction of sp³-hybridized carbons (Fsp3) is 0.974. The van der Waals surface area contributed by atoms with Crippen molar-refractivity contribution >= 4 is 5.91 Å². The Hall–Kier alpha value is -0.570. The van der Waals surface area contributed by atoms with E-state index in [0.29, 0.717) is 18.3 Å². The van der Waals surface area contributed by atoms with Gasteiger partial charge in [-0.05, 0) is 59.3 Å². The zero-order valence-electron chi connectivity index (χ0n) is 31.0. The third-order valence-corrected chi connectivity index (χ3v) is 10.7. The van der Waals surface area contributed by atoms with Gasteiger partial charge in [-0.3, -0.25) is 4.79 Å². The first-order valence-electron chi connectivity index (χ1n) is 18.4. The normalized spacial score (nSPS) is 14.7. The summed E-state index contributed by atoms with van der Waals surface area (Å²) < 4.78 is 0. The summed E-state index contributed by atoms with van der Waals surface area (Å²) in [5.74, 6) is 1.13. The molecular formula is C39H80N2O. The third kappa shape index (κ3) is 19.0. The zero-order valence-corrected chi connectivity index (χ0v) is 31.0. The molecule has 0 bridgehead atoms. The SMILES string of the molecule is CCCCCCCCCCCCCCCCCCC(=O)NCC(CC(C)(C)C)C(C)(C)C(C)(C)CC(CN)C(C)(C)C. The van der Waals surface area contributed by atoms with Gasteiger partial charge in [0, 0.05) is 13.0 Å². The molecule has 0 aromatic heterocycles. The van der Waals surface area contributed by atoms with Crippen molar-refractivity contribution in [2.75, 3.05) is 13.1 Å². The van der Waals surface area contributed by atoms with Crippen molar-refractivity contribution in [2.24, 2.45) is 39.2 Å². The second-order valence-electron chi connectivity index (χ2n) is 17.4. The average molecular weight is 593 g/mol. The number of hydrogen-bond donors (Lipinski definition) is 2. The molecule has 3 nitrogen and oxygen atoms in total. The lowest BCUT2D eigenvalue weighted by molar-refractivity contribution is -0.122. The van der Waals surface area contributed by atoms with Crippen LogP contribution in [0.2, 0.25) is 0 Å². The van der Waals surface area contributed by atoms with Gasteiger partial charge in [-0.15, -0.1) is 0 Å². The topological polar surface area (TPSA) is 55.1 Å². The number of carbonyl (C=O) groups is 1. The molecule has 0 aromatic rings. The van der Waals surface area contributed by atoms with E-state index in [1.807, 2.05) is 0 Å². The van der Waals surface area contributed by atoms with Crippen LogP contribution >= 0.6 is 0 Å². The highest BCUT2D eigenvalue weighted by atomic mass is 16.1. The second-order valence-corrected chi connectivity index (χ2v) is 17.4. The van der Waals surface area contributed by atoms with Gasteiger partial charge in [-0.2, -0.15) is 0 Å². The van der Waals surface area contributed by atoms with Gasteiger partial charge in [0.2, 0.25) is 5.91 Å². The standard InChI is InChI=1S/C39H80N2O/c1-12-13-14-15-16-17-18-19-20-21-22-23-24-25-26-27-28-35(42)41-32-34(29-36(2,3)4)39(10,11)38(8,9)30-33(31-40)37(5,6)7/h33-34H,12-32,40H2,1-11H3,(H,41,42). The fourth-order valence-electron chi connectivity index (χ4n) is 6.66. The average Bonchev–Trinajstić information content (AvgIpc) is 2.87. The summed E-state index contributed by atoms with van der Waals surface area (Å²) in [4.78, 5) is 12.9. The summed E-state index contributed by atoms with van der Waals surface area (Å²) in [7, 11) is 0. The number of carbonyl (C=O) groups excluding carboxylic acids is 1. The molecule has 2 atom stereocenters. The number of nitrogens with one attached hydrogen (secondary N) is 1. The monoisotopic (exact) mass is 593 g/mol. The van der Waals surface area contributed by atoms with E-state index in [9.17, 15) is 4.79 Å². The van der Waals surface area contributed by atoms with Gasteiger partial charge in [0.25, 0.3) is 0 Å².